The fraction of sp³-hybridized carbons (Fsp3) is 0.200. The average Bonchev–Trinajstić information content (AvgIpc) is 2.14. The Morgan fingerprint density at radius 1 is 1.50 bits per heavy atom. The summed E-state index contributed by atoms with van der Waals surface area (Å²) in [7, 11) is 0. The van der Waals surface area contributed by atoms with Crippen molar-refractivity contribution in [1.82, 2.24) is 0 Å². The molecule has 0 amide bonds. The molecule has 0 spiro atoms. The molecular weight excluding hydrogens is 252 g/mol. The Bertz CT molecular complexity index is 171. The molecule has 0 fully saturated rings. The van der Waals surface area contributed by atoms with Crippen LogP contribution >= 0.6 is 43.2 Å². The second-order valence-corrected chi connectivity index (χ2v) is 3.54. The van der Waals surface area contributed by atoms with Crippen molar-refractivity contribution in [2.45, 2.75) is 5.33 Å². The molecule has 1 rings (SSSR count). The van der Waals surface area contributed by atoms with E-state index in [0.717, 1.165) is 5.33 Å². The van der Waals surface area contributed by atoms with Crippen molar-refractivity contribution in [3.8, 4) is 0 Å². The monoisotopic (exact) mass is 254 g/mol. The number of hydrogen-bond acceptors (Lipinski definition) is 1. The second-order valence-electron chi connectivity index (χ2n) is 1.38. The first-order chi connectivity index (χ1) is 3.84. The number of halogens is 2. The Morgan fingerprint density at radius 3 is 2.50 bits per heavy atom. The summed E-state index contributed by atoms with van der Waals surface area (Å²) in [5.74, 6) is 0. The van der Waals surface area contributed by atoms with Crippen LogP contribution in [0.1, 0.15) is 5.56 Å². The van der Waals surface area contributed by atoms with E-state index in [0.29, 0.717) is 0 Å². The van der Waals surface area contributed by atoms with Crippen LogP contribution < -0.4 is 0 Å². The molecule has 0 nitrogen and oxygen atoms in total. The van der Waals surface area contributed by atoms with Crippen LogP contribution in [-0.2, 0) is 5.33 Å². The molecule has 44 valence electrons. The maximum absolute atomic E-state index is 3.41. The van der Waals surface area contributed by atoms with Gasteiger partial charge < -0.3 is 0 Å². The average molecular weight is 256 g/mol. The van der Waals surface area contributed by atoms with E-state index in [1.807, 2.05) is 0 Å². The normalized spacial score (nSPS) is 9.75. The highest BCUT2D eigenvalue weighted by molar-refractivity contribution is 9.10. The van der Waals surface area contributed by atoms with Gasteiger partial charge in [-0.05, 0) is 26.9 Å². The van der Waals surface area contributed by atoms with Gasteiger partial charge in [0.2, 0.25) is 0 Å². The zero-order valence-corrected chi connectivity index (χ0v) is 8.01. The predicted molar refractivity (Wildman–Crippen MR) is 44.7 cm³/mol. The van der Waals surface area contributed by atoms with Gasteiger partial charge in [0.1, 0.15) is 0 Å². The van der Waals surface area contributed by atoms with Gasteiger partial charge in [-0.25, -0.2) is 0 Å². The van der Waals surface area contributed by atoms with Crippen LogP contribution in [0, 0.1) is 0 Å². The van der Waals surface area contributed by atoms with Gasteiger partial charge in [-0.3, -0.25) is 0 Å². The summed E-state index contributed by atoms with van der Waals surface area (Å²) in [5, 5.41) is 5.15. The van der Waals surface area contributed by atoms with E-state index >= 15 is 0 Å². The van der Waals surface area contributed by atoms with Crippen LogP contribution in [0.3, 0.4) is 0 Å². The van der Waals surface area contributed by atoms with Crippen LogP contribution in [0.5, 0.6) is 0 Å². The van der Waals surface area contributed by atoms with Crippen molar-refractivity contribution in [3.63, 3.8) is 0 Å². The second kappa shape index (κ2) is 2.99. The lowest BCUT2D eigenvalue weighted by atomic mass is 10.4. The van der Waals surface area contributed by atoms with Crippen molar-refractivity contribution in [2.24, 2.45) is 0 Å². The lowest BCUT2D eigenvalue weighted by molar-refractivity contribution is 1.47. The molecule has 0 radical (unpaired) electrons. The van der Waals surface area contributed by atoms with E-state index in [-0.39, 0.29) is 0 Å². The van der Waals surface area contributed by atoms with Gasteiger partial charge in [-0.2, -0.15) is 11.3 Å². The fourth-order valence-electron chi connectivity index (χ4n) is 0.403. The van der Waals surface area contributed by atoms with Crippen LogP contribution in [-0.4, -0.2) is 0 Å². The van der Waals surface area contributed by atoms with E-state index in [4.69, 9.17) is 0 Å². The van der Waals surface area contributed by atoms with Crippen LogP contribution in [0.2, 0.25) is 0 Å². The van der Waals surface area contributed by atoms with Gasteiger partial charge in [0.15, 0.2) is 0 Å². The molecule has 8 heavy (non-hydrogen) atoms. The van der Waals surface area contributed by atoms with Gasteiger partial charge in [0.25, 0.3) is 0 Å². The third-order valence-corrected chi connectivity index (χ3v) is 3.27. The minimum absolute atomic E-state index is 0.942. The van der Waals surface area contributed by atoms with E-state index in [2.05, 4.69) is 42.6 Å². The zero-order valence-electron chi connectivity index (χ0n) is 4.03. The molecule has 0 aliphatic carbocycles. The molecular formula is C5H4Br2S. The molecule has 1 aromatic rings. The Hall–Kier alpha value is 0.660. The highest BCUT2D eigenvalue weighted by Crippen LogP contribution is 2.22. The van der Waals surface area contributed by atoms with Crippen molar-refractivity contribution >= 4 is 43.2 Å². The topological polar surface area (TPSA) is 0 Å². The summed E-state index contributed by atoms with van der Waals surface area (Å²) < 4.78 is 1.21. The highest BCUT2D eigenvalue weighted by atomic mass is 79.9. The Kier molecular flexibility index (Phi) is 2.53. The Morgan fingerprint density at radius 2 is 2.25 bits per heavy atom. The first kappa shape index (κ1) is 6.78. The number of hydrogen-bond donors (Lipinski definition) is 0. The first-order valence-electron chi connectivity index (χ1n) is 2.11. The number of alkyl halides is 1. The summed E-state index contributed by atoms with van der Waals surface area (Å²) in [4.78, 5) is 0. The molecule has 3 heteroatoms. The summed E-state index contributed by atoms with van der Waals surface area (Å²) in [6.07, 6.45) is 0. The van der Waals surface area contributed by atoms with E-state index < -0.39 is 0 Å². The molecule has 0 saturated heterocycles. The van der Waals surface area contributed by atoms with E-state index in [9.17, 15) is 0 Å². The SMILES string of the molecule is BrCc1cscc1Br. The quantitative estimate of drug-likeness (QED) is 0.675. The number of rotatable bonds is 1. The molecule has 0 bridgehead atoms. The van der Waals surface area contributed by atoms with Crippen molar-refractivity contribution in [1.29, 1.82) is 0 Å². The molecule has 1 aromatic heterocycles. The minimum atomic E-state index is 0.942. The molecule has 0 unspecified atom stereocenters. The van der Waals surface area contributed by atoms with Gasteiger partial charge in [-0.15, -0.1) is 0 Å². The van der Waals surface area contributed by atoms with E-state index in [1.54, 1.807) is 11.3 Å². The molecule has 0 aliphatic heterocycles. The predicted octanol–water partition coefficient (Wildman–Crippen LogP) is 3.41. The third kappa shape index (κ3) is 1.33. The molecule has 0 N–H and O–H groups in total. The summed E-state index contributed by atoms with van der Waals surface area (Å²) in [6, 6.07) is 0. The largest absolute Gasteiger partial charge is 0.151 e. The molecule has 0 aromatic carbocycles. The van der Waals surface area contributed by atoms with Crippen LogP contribution in [0.15, 0.2) is 15.2 Å². The lowest BCUT2D eigenvalue weighted by Crippen LogP contribution is -1.66. The lowest BCUT2D eigenvalue weighted by Gasteiger charge is -1.84. The molecule has 1 heterocycles. The summed E-state index contributed by atoms with van der Waals surface area (Å²) >= 11 is 8.48. The fourth-order valence-corrected chi connectivity index (χ4v) is 2.90. The summed E-state index contributed by atoms with van der Waals surface area (Å²) in [6.45, 7) is 0. The molecule has 0 aliphatic rings. The van der Waals surface area contributed by atoms with Crippen molar-refractivity contribution in [2.75, 3.05) is 0 Å². The molecule has 0 saturated carbocycles. The van der Waals surface area contributed by atoms with Crippen molar-refractivity contribution < 1.29 is 0 Å². The van der Waals surface area contributed by atoms with E-state index in [1.165, 1.54) is 10.0 Å². The highest BCUT2D eigenvalue weighted by Gasteiger charge is 1.95. The minimum Gasteiger partial charge on any atom is -0.151 e. The molecule has 0 atom stereocenters. The Labute approximate surface area is 69.2 Å². The van der Waals surface area contributed by atoms with Gasteiger partial charge >= 0.3 is 0 Å². The third-order valence-electron chi connectivity index (χ3n) is 0.833. The maximum atomic E-state index is 3.41. The first-order valence-corrected chi connectivity index (χ1v) is 4.97. The van der Waals surface area contributed by atoms with Crippen LogP contribution in [0.4, 0.5) is 0 Å². The maximum Gasteiger partial charge on any atom is 0.0322 e. The zero-order chi connectivity index (χ0) is 5.98. The van der Waals surface area contributed by atoms with Crippen LogP contribution in [0.25, 0.3) is 0 Å². The van der Waals surface area contributed by atoms with Gasteiger partial charge in [0.05, 0.1) is 0 Å². The smallest absolute Gasteiger partial charge is 0.0322 e. The van der Waals surface area contributed by atoms with Gasteiger partial charge in [0, 0.05) is 15.2 Å². The summed E-state index contributed by atoms with van der Waals surface area (Å²) in [5.41, 5.74) is 1.33. The number of thiophene rings is 1. The van der Waals surface area contributed by atoms with Crippen molar-refractivity contribution in [3.05, 3.63) is 20.8 Å². The van der Waals surface area contributed by atoms with Gasteiger partial charge in [-0.1, -0.05) is 15.9 Å². The standard InChI is InChI=1S/C5H4Br2S/c6-1-4-2-8-3-5(4)7/h2-3H,1H2. The Balaban J connectivity index is 2.92.